The lowest BCUT2D eigenvalue weighted by molar-refractivity contribution is -0.133. The highest BCUT2D eigenvalue weighted by Gasteiger charge is 2.31. The zero-order chi connectivity index (χ0) is 24.2. The number of aliphatic carboxylic acids is 2. The molecule has 2 N–H and O–H groups in total. The summed E-state index contributed by atoms with van der Waals surface area (Å²) in [7, 11) is 0. The lowest BCUT2D eigenvalue weighted by Crippen LogP contribution is -2.33. The molecule has 0 aromatic heterocycles. The van der Waals surface area contributed by atoms with Crippen LogP contribution in [0.15, 0.2) is 85.0 Å². The number of carbonyl (C=O) groups is 2. The van der Waals surface area contributed by atoms with E-state index in [0.717, 1.165) is 0 Å². The first-order valence-corrected chi connectivity index (χ1v) is 9.79. The molecule has 5 nitrogen and oxygen atoms in total. The maximum Gasteiger partial charge on any atom is 0.330 e. The summed E-state index contributed by atoms with van der Waals surface area (Å²) in [5.41, 5.74) is 2.10. The third-order valence-corrected chi connectivity index (χ3v) is 4.18. The molecule has 0 aliphatic rings. The van der Waals surface area contributed by atoms with E-state index in [0.29, 0.717) is 0 Å². The summed E-state index contributed by atoms with van der Waals surface area (Å²) >= 11 is 0. The van der Waals surface area contributed by atoms with Gasteiger partial charge in [0.1, 0.15) is 0 Å². The lowest BCUT2D eigenvalue weighted by atomic mass is 9.93. The van der Waals surface area contributed by atoms with Crippen molar-refractivity contribution in [3.8, 4) is 0 Å². The fraction of sp³-hybridized carbons (Fsp3) is 0.308. The Balaban J connectivity index is 0.000000620. The van der Waals surface area contributed by atoms with E-state index in [1.807, 2.05) is 12.1 Å². The Labute approximate surface area is 185 Å². The second-order valence-corrected chi connectivity index (χ2v) is 8.03. The van der Waals surface area contributed by atoms with Crippen molar-refractivity contribution in [3.05, 3.63) is 96.1 Å². The predicted molar refractivity (Wildman–Crippen MR) is 125 cm³/mol. The maximum absolute atomic E-state index is 9.60. The molecule has 31 heavy (non-hydrogen) atoms. The topological polar surface area (TPSA) is 83.8 Å². The molecule has 0 heterocycles. The van der Waals surface area contributed by atoms with E-state index in [2.05, 4.69) is 89.4 Å². The van der Waals surface area contributed by atoms with Gasteiger partial charge in [-0.2, -0.15) is 0 Å². The molecule has 0 radical (unpaired) electrons. The molecule has 0 amide bonds. The molecule has 0 saturated heterocycles. The van der Waals surface area contributed by atoms with Crippen LogP contribution in [0.4, 0.5) is 0 Å². The monoisotopic (exact) mass is 426 g/mol. The normalized spacial score (nSPS) is 10.5. The summed E-state index contributed by atoms with van der Waals surface area (Å²) in [5, 5.41) is 15.8. The van der Waals surface area contributed by atoms with Gasteiger partial charge in [0.05, 0.1) is 11.2 Å². The van der Waals surface area contributed by atoms with Crippen LogP contribution in [-0.2, 0) is 25.5 Å². The van der Waals surface area contributed by atoms with Crippen molar-refractivity contribution < 1.29 is 24.5 Å². The summed E-state index contributed by atoms with van der Waals surface area (Å²) in [6, 6.07) is 20.7. The highest BCUT2D eigenvalue weighted by Crippen LogP contribution is 2.35. The van der Waals surface area contributed by atoms with Gasteiger partial charge in [0, 0.05) is 11.1 Å². The van der Waals surface area contributed by atoms with Gasteiger partial charge in [-0.3, -0.25) is 0 Å². The summed E-state index contributed by atoms with van der Waals surface area (Å²) in [6.45, 7) is 17.7. The first kappa shape index (κ1) is 27.8. The second-order valence-electron chi connectivity index (χ2n) is 8.03. The van der Waals surface area contributed by atoms with Gasteiger partial charge < -0.3 is 14.9 Å². The molecule has 0 aliphatic heterocycles. The van der Waals surface area contributed by atoms with Crippen LogP contribution < -0.4 is 0 Å². The molecule has 0 unspecified atom stereocenters. The predicted octanol–water partition coefficient (Wildman–Crippen LogP) is 6.17. The summed E-state index contributed by atoms with van der Waals surface area (Å²) in [5.74, 6) is -1.87. The number of carboxylic acids is 2. The van der Waals surface area contributed by atoms with Crippen LogP contribution in [0.2, 0.25) is 0 Å². The van der Waals surface area contributed by atoms with E-state index in [-0.39, 0.29) is 22.3 Å². The van der Waals surface area contributed by atoms with Crippen LogP contribution in [-0.4, -0.2) is 22.2 Å². The second kappa shape index (κ2) is 12.5. The summed E-state index contributed by atoms with van der Waals surface area (Å²) < 4.78 is 6.40. The van der Waals surface area contributed by atoms with Crippen LogP contribution in [0.3, 0.4) is 0 Å². The summed E-state index contributed by atoms with van der Waals surface area (Å²) in [4.78, 5) is 19.2. The van der Waals surface area contributed by atoms with E-state index >= 15 is 0 Å². The van der Waals surface area contributed by atoms with Crippen molar-refractivity contribution in [3.63, 3.8) is 0 Å². The van der Waals surface area contributed by atoms with Crippen LogP contribution in [0.5, 0.6) is 0 Å². The Bertz CT molecular complexity index is 768. The third kappa shape index (κ3) is 11.0. The SMILES string of the molecule is C=C(C)C(=O)O.C=C(C)C(=O)O.CC(C)(OC(C)(C)c1ccccc1)c1ccccc1. The highest BCUT2D eigenvalue weighted by atomic mass is 16.5. The Morgan fingerprint density at radius 2 is 0.903 bits per heavy atom. The van der Waals surface area contributed by atoms with Crippen molar-refractivity contribution >= 4 is 11.9 Å². The molecule has 168 valence electrons. The maximum atomic E-state index is 9.60. The average molecular weight is 427 g/mol. The van der Waals surface area contributed by atoms with Gasteiger partial charge in [0.2, 0.25) is 0 Å². The molecule has 0 aliphatic carbocycles. The van der Waals surface area contributed by atoms with Crippen molar-refractivity contribution in [2.24, 2.45) is 0 Å². The van der Waals surface area contributed by atoms with Crippen molar-refractivity contribution in [1.29, 1.82) is 0 Å². The first-order chi connectivity index (χ1) is 14.2. The van der Waals surface area contributed by atoms with Crippen LogP contribution in [0.25, 0.3) is 0 Å². The van der Waals surface area contributed by atoms with E-state index < -0.39 is 11.9 Å². The first-order valence-electron chi connectivity index (χ1n) is 9.79. The quantitative estimate of drug-likeness (QED) is 0.540. The molecule has 0 bridgehead atoms. The van der Waals surface area contributed by atoms with E-state index in [1.165, 1.54) is 25.0 Å². The number of benzene rings is 2. The highest BCUT2D eigenvalue weighted by molar-refractivity contribution is 5.85. The largest absolute Gasteiger partial charge is 0.478 e. The van der Waals surface area contributed by atoms with Crippen molar-refractivity contribution in [2.45, 2.75) is 52.7 Å². The molecule has 2 aromatic rings. The molecular formula is C26H34O5. The van der Waals surface area contributed by atoms with Crippen molar-refractivity contribution in [1.82, 2.24) is 0 Å². The lowest BCUT2D eigenvalue weighted by Gasteiger charge is -2.37. The Morgan fingerprint density at radius 3 is 1.10 bits per heavy atom. The van der Waals surface area contributed by atoms with Gasteiger partial charge in [0.15, 0.2) is 0 Å². The molecule has 0 saturated carbocycles. The molecular weight excluding hydrogens is 392 g/mol. The molecule has 2 rings (SSSR count). The van der Waals surface area contributed by atoms with Gasteiger partial charge >= 0.3 is 11.9 Å². The number of ether oxygens (including phenoxy) is 1. The van der Waals surface area contributed by atoms with Crippen LogP contribution >= 0.6 is 0 Å². The zero-order valence-corrected chi connectivity index (χ0v) is 19.3. The van der Waals surface area contributed by atoms with Gasteiger partial charge in [-0.05, 0) is 52.7 Å². The van der Waals surface area contributed by atoms with Crippen molar-refractivity contribution in [2.75, 3.05) is 0 Å². The van der Waals surface area contributed by atoms with Crippen LogP contribution in [0.1, 0.15) is 52.7 Å². The molecule has 5 heteroatoms. The van der Waals surface area contributed by atoms with Gasteiger partial charge in [-0.25, -0.2) is 9.59 Å². The molecule has 0 atom stereocenters. The average Bonchev–Trinajstić information content (AvgIpc) is 2.69. The Hall–Kier alpha value is -3.18. The number of rotatable bonds is 6. The zero-order valence-electron chi connectivity index (χ0n) is 19.3. The molecule has 0 spiro atoms. The minimum atomic E-state index is -0.935. The smallest absolute Gasteiger partial charge is 0.330 e. The van der Waals surface area contributed by atoms with Gasteiger partial charge in [-0.15, -0.1) is 0 Å². The fourth-order valence-electron chi connectivity index (χ4n) is 2.43. The Kier molecular flexibility index (Phi) is 11.2. The number of hydrogen-bond donors (Lipinski definition) is 2. The van der Waals surface area contributed by atoms with Crippen LogP contribution in [0, 0.1) is 0 Å². The minimum absolute atomic E-state index is 0.176. The van der Waals surface area contributed by atoms with Gasteiger partial charge in [-0.1, -0.05) is 73.8 Å². The van der Waals surface area contributed by atoms with E-state index in [4.69, 9.17) is 14.9 Å². The standard InChI is InChI=1S/C18H22O.2C4H6O2/c1-17(2,15-11-7-5-8-12-15)19-18(3,4)16-13-9-6-10-14-16;2*1-3(2)4(5)6/h5-14H,1-4H3;2*1H2,2H3,(H,5,6). The third-order valence-electron chi connectivity index (χ3n) is 4.18. The fourth-order valence-corrected chi connectivity index (χ4v) is 2.43. The number of carboxylic acid groups (broad SMARTS) is 2. The van der Waals surface area contributed by atoms with E-state index in [1.54, 1.807) is 0 Å². The van der Waals surface area contributed by atoms with Gasteiger partial charge in [0.25, 0.3) is 0 Å². The minimum Gasteiger partial charge on any atom is -0.478 e. The Morgan fingerprint density at radius 1 is 0.677 bits per heavy atom. The summed E-state index contributed by atoms with van der Waals surface area (Å²) in [6.07, 6.45) is 0. The number of hydrogen-bond acceptors (Lipinski definition) is 3. The molecule has 2 aromatic carbocycles. The van der Waals surface area contributed by atoms with E-state index in [9.17, 15) is 9.59 Å². The molecule has 0 fully saturated rings.